The van der Waals surface area contributed by atoms with Crippen molar-refractivity contribution in [2.24, 2.45) is 0 Å². The molecule has 0 unspecified atom stereocenters. The summed E-state index contributed by atoms with van der Waals surface area (Å²) < 4.78 is 0. The van der Waals surface area contributed by atoms with Gasteiger partial charge >= 0.3 is 5.97 Å². The van der Waals surface area contributed by atoms with Gasteiger partial charge in [0.25, 0.3) is 0 Å². The second kappa shape index (κ2) is 9.65. The number of aliphatic carboxylic acids is 1. The van der Waals surface area contributed by atoms with Crippen molar-refractivity contribution in [2.75, 3.05) is 6.54 Å². The fourth-order valence-electron chi connectivity index (χ4n) is 2.70. The van der Waals surface area contributed by atoms with Crippen molar-refractivity contribution < 1.29 is 14.7 Å². The van der Waals surface area contributed by atoms with Crippen LogP contribution in [0.4, 0.5) is 0 Å². The molecule has 5 heteroatoms. The summed E-state index contributed by atoms with van der Waals surface area (Å²) in [5.41, 5.74) is 1.83. The van der Waals surface area contributed by atoms with Crippen molar-refractivity contribution in [2.45, 2.75) is 44.9 Å². The predicted molar refractivity (Wildman–Crippen MR) is 93.8 cm³/mol. The van der Waals surface area contributed by atoms with Crippen LogP contribution in [0.5, 0.6) is 0 Å². The number of carbonyl (C=O) groups excluding carboxylic acids is 1. The topological polar surface area (TPSA) is 79.3 Å². The van der Waals surface area contributed by atoms with Gasteiger partial charge in [-0.25, -0.2) is 0 Å². The van der Waals surface area contributed by atoms with Gasteiger partial charge in [0, 0.05) is 24.5 Å². The summed E-state index contributed by atoms with van der Waals surface area (Å²) in [6, 6.07) is 9.77. The molecule has 0 aliphatic carbocycles. The number of amides is 1. The van der Waals surface area contributed by atoms with Crippen molar-refractivity contribution in [3.05, 3.63) is 42.1 Å². The molecule has 1 amide bonds. The van der Waals surface area contributed by atoms with E-state index in [-0.39, 0.29) is 12.3 Å². The second-order valence-corrected chi connectivity index (χ2v) is 5.93. The molecule has 0 saturated carbocycles. The first-order chi connectivity index (χ1) is 11.7. The molecule has 0 bridgehead atoms. The molecule has 2 rings (SSSR count). The largest absolute Gasteiger partial charge is 0.481 e. The molecule has 1 aromatic heterocycles. The minimum Gasteiger partial charge on any atom is -0.481 e. The minimum absolute atomic E-state index is 0.0130. The molecule has 0 fully saturated rings. The van der Waals surface area contributed by atoms with Gasteiger partial charge in [-0.3, -0.25) is 14.6 Å². The van der Waals surface area contributed by atoms with Crippen LogP contribution in [0.25, 0.3) is 10.9 Å². The Balaban J connectivity index is 1.65. The average Bonchev–Trinajstić information content (AvgIpc) is 2.57. The maximum absolute atomic E-state index is 12.1. The number of hydrogen-bond donors (Lipinski definition) is 2. The molecule has 0 aliphatic rings. The van der Waals surface area contributed by atoms with Crippen molar-refractivity contribution in [1.82, 2.24) is 10.3 Å². The molecule has 1 heterocycles. The smallest absolute Gasteiger partial charge is 0.303 e. The van der Waals surface area contributed by atoms with Crippen LogP contribution in [-0.4, -0.2) is 28.5 Å². The number of nitrogens with one attached hydrogen (secondary N) is 1. The number of benzene rings is 1. The second-order valence-electron chi connectivity index (χ2n) is 5.93. The Labute approximate surface area is 142 Å². The highest BCUT2D eigenvalue weighted by molar-refractivity contribution is 5.87. The molecule has 24 heavy (non-hydrogen) atoms. The van der Waals surface area contributed by atoms with Crippen LogP contribution in [0.3, 0.4) is 0 Å². The Morgan fingerprint density at radius 1 is 1.00 bits per heavy atom. The van der Waals surface area contributed by atoms with Gasteiger partial charge in [0.2, 0.25) is 5.91 Å². The number of para-hydroxylation sites is 1. The maximum Gasteiger partial charge on any atom is 0.303 e. The summed E-state index contributed by atoms with van der Waals surface area (Å²) in [7, 11) is 0. The maximum atomic E-state index is 12.1. The van der Waals surface area contributed by atoms with Gasteiger partial charge in [0.1, 0.15) is 0 Å². The number of carbonyl (C=O) groups is 2. The molecule has 2 aromatic rings. The van der Waals surface area contributed by atoms with E-state index in [1.54, 1.807) is 6.20 Å². The van der Waals surface area contributed by atoms with Crippen LogP contribution in [0.1, 0.15) is 44.1 Å². The van der Waals surface area contributed by atoms with E-state index in [2.05, 4.69) is 10.3 Å². The van der Waals surface area contributed by atoms with Crippen LogP contribution >= 0.6 is 0 Å². The molecule has 0 radical (unpaired) electrons. The van der Waals surface area contributed by atoms with Crippen molar-refractivity contribution in [1.29, 1.82) is 0 Å². The third-order valence-corrected chi connectivity index (χ3v) is 3.96. The highest BCUT2D eigenvalue weighted by Crippen LogP contribution is 2.16. The van der Waals surface area contributed by atoms with Gasteiger partial charge in [0.05, 0.1) is 11.9 Å². The van der Waals surface area contributed by atoms with Gasteiger partial charge < -0.3 is 10.4 Å². The zero-order chi connectivity index (χ0) is 17.2. The first-order valence-electron chi connectivity index (χ1n) is 8.48. The molecular weight excluding hydrogens is 304 g/mol. The number of hydrogen-bond acceptors (Lipinski definition) is 3. The molecular formula is C19H24N2O3. The van der Waals surface area contributed by atoms with Gasteiger partial charge in [-0.15, -0.1) is 0 Å². The van der Waals surface area contributed by atoms with Crippen LogP contribution in [0.2, 0.25) is 0 Å². The van der Waals surface area contributed by atoms with E-state index in [0.717, 1.165) is 48.6 Å². The first-order valence-corrected chi connectivity index (χ1v) is 8.48. The normalized spacial score (nSPS) is 10.7. The van der Waals surface area contributed by atoms with Gasteiger partial charge in [0.15, 0.2) is 0 Å². The molecule has 2 N–H and O–H groups in total. The van der Waals surface area contributed by atoms with E-state index in [9.17, 15) is 9.59 Å². The molecule has 128 valence electrons. The van der Waals surface area contributed by atoms with Crippen molar-refractivity contribution in [3.63, 3.8) is 0 Å². The van der Waals surface area contributed by atoms with Crippen LogP contribution < -0.4 is 5.32 Å². The van der Waals surface area contributed by atoms with Gasteiger partial charge in [-0.2, -0.15) is 0 Å². The van der Waals surface area contributed by atoms with Crippen LogP contribution in [0, 0.1) is 0 Å². The highest BCUT2D eigenvalue weighted by atomic mass is 16.4. The monoisotopic (exact) mass is 328 g/mol. The quantitative estimate of drug-likeness (QED) is 0.656. The van der Waals surface area contributed by atoms with E-state index >= 15 is 0 Å². The highest BCUT2D eigenvalue weighted by Gasteiger charge is 2.07. The van der Waals surface area contributed by atoms with E-state index in [1.807, 2.05) is 30.3 Å². The third-order valence-electron chi connectivity index (χ3n) is 3.96. The molecule has 0 aliphatic heterocycles. The average molecular weight is 328 g/mol. The standard InChI is InChI=1S/C19H24N2O3/c22-17(20-12-5-3-1-2-4-11-18(23)24)14-16-9-6-8-15-10-7-13-21-19(15)16/h6-10,13H,1-5,11-12,14H2,(H,20,22)(H,23,24). The number of carboxylic acids is 1. The zero-order valence-electron chi connectivity index (χ0n) is 13.8. The summed E-state index contributed by atoms with van der Waals surface area (Å²) in [5.74, 6) is -0.718. The lowest BCUT2D eigenvalue weighted by molar-refractivity contribution is -0.137. The number of carboxylic acid groups (broad SMARTS) is 1. The SMILES string of the molecule is O=C(O)CCCCCCCNC(=O)Cc1cccc2cccnc12. The third kappa shape index (κ3) is 5.99. The Kier molecular flexibility index (Phi) is 7.21. The molecule has 0 atom stereocenters. The Hall–Kier alpha value is -2.43. The predicted octanol–water partition coefficient (Wildman–Crippen LogP) is 3.32. The molecule has 0 spiro atoms. The van der Waals surface area contributed by atoms with Crippen molar-refractivity contribution in [3.8, 4) is 0 Å². The van der Waals surface area contributed by atoms with Gasteiger partial charge in [-0.1, -0.05) is 43.5 Å². The molecule has 1 aromatic carbocycles. The molecule has 0 saturated heterocycles. The summed E-state index contributed by atoms with van der Waals surface area (Å²) in [6.45, 7) is 0.663. The van der Waals surface area contributed by atoms with Crippen molar-refractivity contribution >= 4 is 22.8 Å². The van der Waals surface area contributed by atoms with Gasteiger partial charge in [-0.05, 0) is 24.5 Å². The molecule has 5 nitrogen and oxygen atoms in total. The summed E-state index contributed by atoms with van der Waals surface area (Å²) in [6.07, 6.45) is 6.94. The lowest BCUT2D eigenvalue weighted by Crippen LogP contribution is -2.26. The lowest BCUT2D eigenvalue weighted by atomic mass is 10.1. The Bertz CT molecular complexity index is 680. The minimum atomic E-state index is -0.731. The fraction of sp³-hybridized carbons (Fsp3) is 0.421. The fourth-order valence-corrected chi connectivity index (χ4v) is 2.70. The first kappa shape index (κ1) is 17.9. The summed E-state index contributed by atoms with van der Waals surface area (Å²) in [5, 5.41) is 12.5. The van der Waals surface area contributed by atoms with Crippen LogP contribution in [0.15, 0.2) is 36.5 Å². The number of fused-ring (bicyclic) bond motifs is 1. The van der Waals surface area contributed by atoms with E-state index in [4.69, 9.17) is 5.11 Å². The summed E-state index contributed by atoms with van der Waals surface area (Å²) >= 11 is 0. The summed E-state index contributed by atoms with van der Waals surface area (Å²) in [4.78, 5) is 26.8. The Morgan fingerprint density at radius 2 is 1.75 bits per heavy atom. The number of pyridine rings is 1. The van der Waals surface area contributed by atoms with E-state index in [0.29, 0.717) is 13.0 Å². The number of nitrogens with zero attached hydrogens (tertiary/aromatic N) is 1. The van der Waals surface area contributed by atoms with E-state index < -0.39 is 5.97 Å². The number of rotatable bonds is 10. The zero-order valence-corrected chi connectivity index (χ0v) is 13.8. The number of aromatic nitrogens is 1. The van der Waals surface area contributed by atoms with E-state index in [1.165, 1.54) is 0 Å². The lowest BCUT2D eigenvalue weighted by Gasteiger charge is -2.07. The Morgan fingerprint density at radius 3 is 2.58 bits per heavy atom. The number of unbranched alkanes of at least 4 members (excludes halogenated alkanes) is 4. The van der Waals surface area contributed by atoms with Crippen LogP contribution in [-0.2, 0) is 16.0 Å².